The van der Waals surface area contributed by atoms with Crippen molar-refractivity contribution in [3.63, 3.8) is 0 Å². The van der Waals surface area contributed by atoms with Gasteiger partial charge in [-0.25, -0.2) is 0 Å². The number of carbonyl (C=O) groups excluding carboxylic acids is 1. The average Bonchev–Trinajstić information content (AvgIpc) is 2.76. The van der Waals surface area contributed by atoms with Crippen LogP contribution in [0.15, 0.2) is 12.1 Å². The lowest BCUT2D eigenvalue weighted by atomic mass is 10.4. The second-order valence-electron chi connectivity index (χ2n) is 3.08. The summed E-state index contributed by atoms with van der Waals surface area (Å²) in [6.45, 7) is 2.85. The molecule has 0 amide bonds. The van der Waals surface area contributed by atoms with Crippen LogP contribution in [-0.4, -0.2) is 39.8 Å². The fourth-order valence-corrected chi connectivity index (χ4v) is 1.84. The van der Waals surface area contributed by atoms with Crippen LogP contribution in [0.2, 0.25) is 0 Å². The molecule has 0 spiro atoms. The molecule has 0 aliphatic rings. The Bertz CT molecular complexity index is 298. The van der Waals surface area contributed by atoms with Crippen molar-refractivity contribution in [3.05, 3.63) is 21.9 Å². The van der Waals surface area contributed by atoms with Crippen molar-refractivity contribution in [1.29, 1.82) is 0 Å². The Kier molecular flexibility index (Phi) is 7.00. The molecule has 1 rings (SSSR count). The summed E-state index contributed by atoms with van der Waals surface area (Å²) in [5.41, 5.74) is 0. The summed E-state index contributed by atoms with van der Waals surface area (Å²) in [6, 6.07) is 3.70. The molecule has 0 aliphatic heterocycles. The molecule has 0 N–H and O–H groups in total. The van der Waals surface area contributed by atoms with Gasteiger partial charge in [0.2, 0.25) is 0 Å². The summed E-state index contributed by atoms with van der Waals surface area (Å²) in [5.74, 6) is 0. The van der Waals surface area contributed by atoms with Gasteiger partial charge in [-0.05, 0) is 12.1 Å². The second-order valence-corrected chi connectivity index (χ2v) is 4.28. The molecular weight excluding hydrogens is 228 g/mol. The second kappa shape index (κ2) is 8.41. The lowest BCUT2D eigenvalue weighted by molar-refractivity contribution is 0.0205. The number of ether oxygens (including phenoxy) is 3. The van der Waals surface area contributed by atoms with E-state index >= 15 is 0 Å². The summed E-state index contributed by atoms with van der Waals surface area (Å²) in [4.78, 5) is 12.2. The largest absolute Gasteiger partial charge is 0.382 e. The van der Waals surface area contributed by atoms with Crippen LogP contribution in [0.1, 0.15) is 14.5 Å². The highest BCUT2D eigenvalue weighted by Gasteiger charge is 1.98. The van der Waals surface area contributed by atoms with Gasteiger partial charge in [0, 0.05) is 12.0 Å². The molecule has 4 nitrogen and oxygen atoms in total. The van der Waals surface area contributed by atoms with Gasteiger partial charge in [-0.1, -0.05) is 0 Å². The molecule has 1 aromatic rings. The maximum absolute atomic E-state index is 10.4. The standard InChI is InChI=1S/C11H16O4S/c1-13-4-5-14-6-7-15-9-11-3-2-10(8-12)16-11/h2-3,8H,4-7,9H2,1H3. The zero-order valence-electron chi connectivity index (χ0n) is 9.31. The number of hydrogen-bond acceptors (Lipinski definition) is 5. The minimum atomic E-state index is 0.534. The molecular formula is C11H16O4S. The third-order valence-electron chi connectivity index (χ3n) is 1.85. The predicted molar refractivity (Wildman–Crippen MR) is 62.1 cm³/mol. The van der Waals surface area contributed by atoms with Crippen LogP contribution in [0.3, 0.4) is 0 Å². The first-order valence-electron chi connectivity index (χ1n) is 5.05. The van der Waals surface area contributed by atoms with Crippen LogP contribution >= 0.6 is 11.3 Å². The summed E-state index contributed by atoms with van der Waals surface area (Å²) in [7, 11) is 1.64. The molecule has 0 saturated heterocycles. The van der Waals surface area contributed by atoms with Gasteiger partial charge in [0.05, 0.1) is 37.9 Å². The van der Waals surface area contributed by atoms with E-state index < -0.39 is 0 Å². The van der Waals surface area contributed by atoms with Crippen molar-refractivity contribution in [2.45, 2.75) is 6.61 Å². The van der Waals surface area contributed by atoms with Crippen LogP contribution in [0.25, 0.3) is 0 Å². The summed E-state index contributed by atoms with van der Waals surface area (Å²) in [5, 5.41) is 0. The molecule has 1 heterocycles. The van der Waals surface area contributed by atoms with Gasteiger partial charge in [-0.2, -0.15) is 0 Å². The number of methoxy groups -OCH3 is 1. The van der Waals surface area contributed by atoms with Crippen LogP contribution < -0.4 is 0 Å². The van der Waals surface area contributed by atoms with E-state index in [1.165, 1.54) is 11.3 Å². The van der Waals surface area contributed by atoms with Crippen molar-refractivity contribution in [3.8, 4) is 0 Å². The Balaban J connectivity index is 2.00. The quantitative estimate of drug-likeness (QED) is 0.490. The SMILES string of the molecule is COCCOCCOCc1ccc(C=O)s1. The van der Waals surface area contributed by atoms with E-state index in [2.05, 4.69) is 0 Å². The minimum absolute atomic E-state index is 0.534. The van der Waals surface area contributed by atoms with E-state index in [4.69, 9.17) is 14.2 Å². The fourth-order valence-electron chi connectivity index (χ4n) is 1.07. The van der Waals surface area contributed by atoms with Gasteiger partial charge >= 0.3 is 0 Å². The highest BCUT2D eigenvalue weighted by atomic mass is 32.1. The third-order valence-corrected chi connectivity index (χ3v) is 2.83. The first kappa shape index (κ1) is 13.3. The average molecular weight is 244 g/mol. The lowest BCUT2D eigenvalue weighted by Gasteiger charge is -2.04. The van der Waals surface area contributed by atoms with Gasteiger partial charge in [0.15, 0.2) is 6.29 Å². The van der Waals surface area contributed by atoms with Gasteiger partial charge in [0.25, 0.3) is 0 Å². The molecule has 0 bridgehead atoms. The van der Waals surface area contributed by atoms with Gasteiger partial charge in [0.1, 0.15) is 0 Å². The normalized spacial score (nSPS) is 10.6. The minimum Gasteiger partial charge on any atom is -0.382 e. The number of carbonyl (C=O) groups is 1. The van der Waals surface area contributed by atoms with Gasteiger partial charge in [-0.3, -0.25) is 4.79 Å². The monoisotopic (exact) mass is 244 g/mol. The van der Waals surface area contributed by atoms with E-state index in [0.29, 0.717) is 33.0 Å². The molecule has 1 aromatic heterocycles. The zero-order chi connectivity index (χ0) is 11.6. The first-order chi connectivity index (χ1) is 7.86. The van der Waals surface area contributed by atoms with Crippen molar-refractivity contribution in [2.24, 2.45) is 0 Å². The predicted octanol–water partition coefficient (Wildman–Crippen LogP) is 1.74. The molecule has 5 heteroatoms. The molecule has 0 aliphatic carbocycles. The molecule has 16 heavy (non-hydrogen) atoms. The van der Waals surface area contributed by atoms with Crippen molar-refractivity contribution < 1.29 is 19.0 Å². The van der Waals surface area contributed by atoms with E-state index in [-0.39, 0.29) is 0 Å². The van der Waals surface area contributed by atoms with Crippen molar-refractivity contribution in [1.82, 2.24) is 0 Å². The summed E-state index contributed by atoms with van der Waals surface area (Å²) in [6.07, 6.45) is 0.849. The Morgan fingerprint density at radius 2 is 1.94 bits per heavy atom. The van der Waals surface area contributed by atoms with Crippen molar-refractivity contribution in [2.75, 3.05) is 33.5 Å². The van der Waals surface area contributed by atoms with Gasteiger partial charge in [-0.15, -0.1) is 11.3 Å². The molecule has 0 radical (unpaired) electrons. The highest BCUT2D eigenvalue weighted by Crippen LogP contribution is 2.15. The Hall–Kier alpha value is -0.750. The van der Waals surface area contributed by atoms with Crippen LogP contribution in [0.4, 0.5) is 0 Å². The Morgan fingerprint density at radius 3 is 2.62 bits per heavy atom. The molecule has 0 aromatic carbocycles. The number of thiophene rings is 1. The molecule has 0 fully saturated rings. The topological polar surface area (TPSA) is 44.8 Å². The van der Waals surface area contributed by atoms with Crippen molar-refractivity contribution >= 4 is 17.6 Å². The first-order valence-corrected chi connectivity index (χ1v) is 5.86. The van der Waals surface area contributed by atoms with Gasteiger partial charge < -0.3 is 14.2 Å². The lowest BCUT2D eigenvalue weighted by Crippen LogP contribution is -2.07. The summed E-state index contributed by atoms with van der Waals surface area (Å²) < 4.78 is 15.5. The third kappa shape index (κ3) is 5.37. The molecule has 0 unspecified atom stereocenters. The van der Waals surface area contributed by atoms with Crippen LogP contribution in [0, 0.1) is 0 Å². The highest BCUT2D eigenvalue weighted by molar-refractivity contribution is 7.13. The molecule has 0 atom stereocenters. The molecule has 90 valence electrons. The van der Waals surface area contributed by atoms with E-state index in [1.54, 1.807) is 13.2 Å². The number of rotatable bonds is 9. The fraction of sp³-hybridized carbons (Fsp3) is 0.545. The smallest absolute Gasteiger partial charge is 0.160 e. The van der Waals surface area contributed by atoms with E-state index in [0.717, 1.165) is 16.0 Å². The maximum Gasteiger partial charge on any atom is 0.160 e. The van der Waals surface area contributed by atoms with E-state index in [9.17, 15) is 4.79 Å². The summed E-state index contributed by atoms with van der Waals surface area (Å²) >= 11 is 1.45. The Morgan fingerprint density at radius 1 is 1.19 bits per heavy atom. The zero-order valence-corrected chi connectivity index (χ0v) is 10.1. The van der Waals surface area contributed by atoms with E-state index in [1.807, 2.05) is 6.07 Å². The number of hydrogen-bond donors (Lipinski definition) is 0. The van der Waals surface area contributed by atoms with Crippen LogP contribution in [-0.2, 0) is 20.8 Å². The van der Waals surface area contributed by atoms with Crippen LogP contribution in [0.5, 0.6) is 0 Å². The maximum atomic E-state index is 10.4. The Labute approximate surface area is 99.1 Å². The number of aldehydes is 1. The molecule has 0 saturated carbocycles.